The maximum absolute atomic E-state index is 11.8. The molecule has 27 heavy (non-hydrogen) atoms. The van der Waals surface area contributed by atoms with Gasteiger partial charge in [-0.2, -0.15) is 0 Å². The number of carboxylic acids is 1. The van der Waals surface area contributed by atoms with E-state index >= 15 is 0 Å². The van der Waals surface area contributed by atoms with Gasteiger partial charge >= 0.3 is 5.97 Å². The van der Waals surface area contributed by atoms with E-state index in [0.29, 0.717) is 11.1 Å². The highest BCUT2D eigenvalue weighted by Crippen LogP contribution is 2.43. The van der Waals surface area contributed by atoms with E-state index in [4.69, 9.17) is 69.6 Å². The predicted octanol–water partition coefficient (Wildman–Crippen LogP) is 8.03. The Labute approximate surface area is 184 Å². The Morgan fingerprint density at radius 2 is 1.22 bits per heavy atom. The molecule has 1 heterocycles. The number of aromatic carboxylic acids is 1. The minimum Gasteiger partial charge on any atom is -0.478 e. The summed E-state index contributed by atoms with van der Waals surface area (Å²) in [5.41, 5.74) is 1.19. The first kappa shape index (κ1) is 20.5. The molecule has 0 amide bonds. The fourth-order valence-corrected chi connectivity index (χ4v) is 3.81. The van der Waals surface area contributed by atoms with Gasteiger partial charge in [0.25, 0.3) is 0 Å². The second-order valence-electron chi connectivity index (χ2n) is 5.38. The number of hydrogen-bond donors (Lipinski definition) is 1. The van der Waals surface area contributed by atoms with Crippen LogP contribution in [0.15, 0.2) is 36.5 Å². The minimum atomic E-state index is -1.17. The number of carboxylic acid groups (broad SMARTS) is 1. The van der Waals surface area contributed by atoms with Crippen LogP contribution in [-0.4, -0.2) is 16.1 Å². The number of aromatic nitrogens is 1. The zero-order valence-corrected chi connectivity index (χ0v) is 17.6. The fourth-order valence-electron chi connectivity index (χ4n) is 2.54. The van der Waals surface area contributed by atoms with Crippen molar-refractivity contribution in [3.05, 3.63) is 72.2 Å². The summed E-state index contributed by atoms with van der Waals surface area (Å²) in [5.74, 6) is -1.17. The standard InChI is InChI=1S/C18H7Cl6NO2/c19-10-5-14(23)12(21)3-8(10)16-7(18(26)27)1-2-25-17(16)9-4-13(22)15(24)6-11(9)20/h1-6H,(H,26,27). The van der Waals surface area contributed by atoms with Crippen LogP contribution in [0.3, 0.4) is 0 Å². The monoisotopic (exact) mass is 479 g/mol. The summed E-state index contributed by atoms with van der Waals surface area (Å²) >= 11 is 36.9. The topological polar surface area (TPSA) is 50.2 Å². The molecule has 2 aromatic carbocycles. The van der Waals surface area contributed by atoms with Crippen molar-refractivity contribution >= 4 is 75.6 Å². The Bertz CT molecular complexity index is 1080. The largest absolute Gasteiger partial charge is 0.478 e. The first-order valence-electron chi connectivity index (χ1n) is 7.22. The molecule has 0 radical (unpaired) electrons. The number of halogens is 6. The molecule has 9 heteroatoms. The maximum Gasteiger partial charge on any atom is 0.336 e. The molecule has 0 saturated carbocycles. The SMILES string of the molecule is O=C(O)c1ccnc(-c2cc(Cl)c(Cl)cc2Cl)c1-c1cc(Cl)c(Cl)cc1Cl. The number of benzene rings is 2. The van der Waals surface area contributed by atoms with Crippen LogP contribution < -0.4 is 0 Å². The van der Waals surface area contributed by atoms with Crippen molar-refractivity contribution in [1.82, 2.24) is 4.98 Å². The van der Waals surface area contributed by atoms with Crippen LogP contribution >= 0.6 is 69.6 Å². The Morgan fingerprint density at radius 3 is 1.78 bits per heavy atom. The molecule has 3 rings (SSSR count). The van der Waals surface area contributed by atoms with Crippen molar-refractivity contribution < 1.29 is 9.90 Å². The zero-order valence-electron chi connectivity index (χ0n) is 13.0. The van der Waals surface area contributed by atoms with Crippen LogP contribution in [-0.2, 0) is 0 Å². The van der Waals surface area contributed by atoms with Gasteiger partial charge in [-0.15, -0.1) is 0 Å². The summed E-state index contributed by atoms with van der Waals surface area (Å²) in [4.78, 5) is 16.1. The van der Waals surface area contributed by atoms with Crippen LogP contribution in [0.2, 0.25) is 30.1 Å². The smallest absolute Gasteiger partial charge is 0.336 e. The lowest BCUT2D eigenvalue weighted by molar-refractivity contribution is 0.0697. The van der Waals surface area contributed by atoms with Crippen molar-refractivity contribution in [2.24, 2.45) is 0 Å². The first-order valence-corrected chi connectivity index (χ1v) is 9.49. The molecular weight excluding hydrogens is 475 g/mol. The summed E-state index contributed by atoms with van der Waals surface area (Å²) < 4.78 is 0. The number of nitrogens with zero attached hydrogens (tertiary/aromatic N) is 1. The number of hydrogen-bond acceptors (Lipinski definition) is 2. The lowest BCUT2D eigenvalue weighted by atomic mass is 9.94. The molecule has 0 fully saturated rings. The minimum absolute atomic E-state index is 0.0394. The molecule has 0 aliphatic rings. The van der Waals surface area contributed by atoms with E-state index in [1.54, 1.807) is 0 Å². The summed E-state index contributed by atoms with van der Waals surface area (Å²) in [7, 11) is 0. The third-order valence-electron chi connectivity index (χ3n) is 3.73. The summed E-state index contributed by atoms with van der Waals surface area (Å²) in [5, 5.41) is 11.1. The van der Waals surface area contributed by atoms with E-state index in [1.165, 1.54) is 36.5 Å². The molecule has 138 valence electrons. The normalized spacial score (nSPS) is 10.9. The van der Waals surface area contributed by atoms with E-state index in [2.05, 4.69) is 4.98 Å². The Kier molecular flexibility index (Phi) is 6.11. The second-order valence-corrected chi connectivity index (χ2v) is 7.82. The quantitative estimate of drug-likeness (QED) is 0.385. The number of carbonyl (C=O) groups is 1. The summed E-state index contributed by atoms with van der Waals surface area (Å²) in [6.07, 6.45) is 1.35. The van der Waals surface area contributed by atoms with Crippen LogP contribution in [0.1, 0.15) is 10.4 Å². The van der Waals surface area contributed by atoms with Crippen LogP contribution in [0.25, 0.3) is 22.4 Å². The number of pyridine rings is 1. The molecule has 1 aromatic heterocycles. The van der Waals surface area contributed by atoms with E-state index < -0.39 is 5.97 Å². The Hall–Kier alpha value is -1.20. The van der Waals surface area contributed by atoms with Gasteiger partial charge in [-0.3, -0.25) is 4.98 Å². The van der Waals surface area contributed by atoms with E-state index in [-0.39, 0.29) is 47.0 Å². The molecule has 0 bridgehead atoms. The zero-order chi connectivity index (χ0) is 19.9. The fraction of sp³-hybridized carbons (Fsp3) is 0. The van der Waals surface area contributed by atoms with Gasteiger partial charge in [0, 0.05) is 22.9 Å². The van der Waals surface area contributed by atoms with Gasteiger partial charge in [-0.25, -0.2) is 4.79 Å². The van der Waals surface area contributed by atoms with Crippen molar-refractivity contribution in [3.8, 4) is 22.4 Å². The molecular formula is C18H7Cl6NO2. The Balaban J connectivity index is 2.42. The van der Waals surface area contributed by atoms with Gasteiger partial charge in [-0.05, 0) is 30.3 Å². The van der Waals surface area contributed by atoms with Crippen LogP contribution in [0.4, 0.5) is 0 Å². The number of rotatable bonds is 3. The van der Waals surface area contributed by atoms with Gasteiger partial charge in [0.15, 0.2) is 0 Å². The summed E-state index contributed by atoms with van der Waals surface area (Å²) in [6.45, 7) is 0. The van der Waals surface area contributed by atoms with Gasteiger partial charge in [0.05, 0.1) is 41.4 Å². The van der Waals surface area contributed by atoms with Gasteiger partial charge in [-0.1, -0.05) is 69.6 Å². The molecule has 0 atom stereocenters. The lowest BCUT2D eigenvalue weighted by Crippen LogP contribution is -2.03. The molecule has 0 saturated heterocycles. The van der Waals surface area contributed by atoms with Crippen molar-refractivity contribution in [2.75, 3.05) is 0 Å². The van der Waals surface area contributed by atoms with Crippen molar-refractivity contribution in [3.63, 3.8) is 0 Å². The highest BCUT2D eigenvalue weighted by molar-refractivity contribution is 6.45. The van der Waals surface area contributed by atoms with Gasteiger partial charge in [0.2, 0.25) is 0 Å². The maximum atomic E-state index is 11.8. The van der Waals surface area contributed by atoms with Gasteiger partial charge in [0.1, 0.15) is 0 Å². The summed E-state index contributed by atoms with van der Waals surface area (Å²) in [6, 6.07) is 7.22. The average Bonchev–Trinajstić information content (AvgIpc) is 2.60. The van der Waals surface area contributed by atoms with E-state index in [9.17, 15) is 9.90 Å². The molecule has 0 unspecified atom stereocenters. The molecule has 3 nitrogen and oxygen atoms in total. The average molecular weight is 482 g/mol. The molecule has 0 aliphatic carbocycles. The lowest BCUT2D eigenvalue weighted by Gasteiger charge is -2.16. The van der Waals surface area contributed by atoms with Crippen molar-refractivity contribution in [1.29, 1.82) is 0 Å². The highest BCUT2D eigenvalue weighted by Gasteiger charge is 2.23. The first-order chi connectivity index (χ1) is 12.7. The van der Waals surface area contributed by atoms with Crippen molar-refractivity contribution in [2.45, 2.75) is 0 Å². The molecule has 0 spiro atoms. The molecule has 0 aliphatic heterocycles. The third-order valence-corrected chi connectivity index (χ3v) is 5.80. The Morgan fingerprint density at radius 1 is 0.741 bits per heavy atom. The van der Waals surface area contributed by atoms with Crippen LogP contribution in [0.5, 0.6) is 0 Å². The second kappa shape index (κ2) is 8.04. The highest BCUT2D eigenvalue weighted by atomic mass is 35.5. The third kappa shape index (κ3) is 4.00. The van der Waals surface area contributed by atoms with E-state index in [1.807, 2.05) is 0 Å². The van der Waals surface area contributed by atoms with E-state index in [0.717, 1.165) is 0 Å². The molecule has 3 aromatic rings. The van der Waals surface area contributed by atoms with Gasteiger partial charge < -0.3 is 5.11 Å². The predicted molar refractivity (Wildman–Crippen MR) is 112 cm³/mol. The molecule has 1 N–H and O–H groups in total. The van der Waals surface area contributed by atoms with Crippen LogP contribution in [0, 0.1) is 0 Å².